The number of hydrogen-bond acceptors (Lipinski definition) is 3. The van der Waals surface area contributed by atoms with Crippen molar-refractivity contribution >= 4 is 29.0 Å². The summed E-state index contributed by atoms with van der Waals surface area (Å²) in [5, 5.41) is 3.11. The van der Waals surface area contributed by atoms with Gasteiger partial charge in [-0.1, -0.05) is 43.6 Å². The van der Waals surface area contributed by atoms with Gasteiger partial charge in [-0.05, 0) is 29.7 Å². The summed E-state index contributed by atoms with van der Waals surface area (Å²) in [6, 6.07) is 10.8. The van der Waals surface area contributed by atoms with Crippen molar-refractivity contribution in [1.29, 1.82) is 0 Å². The Balaban J connectivity index is 2.31. The minimum atomic E-state index is -0.365. The Morgan fingerprint density at radius 3 is 2.65 bits per heavy atom. The lowest BCUT2D eigenvalue weighted by molar-refractivity contribution is 0.102. The Morgan fingerprint density at radius 1 is 1.25 bits per heavy atom. The number of pyridine rings is 1. The molecule has 0 fully saturated rings. The van der Waals surface area contributed by atoms with Crippen molar-refractivity contribution in [3.8, 4) is 0 Å². The number of amides is 1. The van der Waals surface area contributed by atoms with Crippen LogP contribution in [0.3, 0.4) is 0 Å². The standard InChI is InChI=1S/C15H16ClN3O/c1-9(2)10-5-3-4-6-12(10)18-15(20)14-11(16)7-8-13(17)19-14/h3-9H,1-2H3,(H2,17,19)(H,18,20). The molecule has 0 radical (unpaired) electrons. The first-order valence-corrected chi connectivity index (χ1v) is 6.69. The van der Waals surface area contributed by atoms with E-state index in [4.69, 9.17) is 17.3 Å². The van der Waals surface area contributed by atoms with E-state index in [2.05, 4.69) is 24.1 Å². The number of nitrogens with one attached hydrogen (secondary N) is 1. The molecule has 1 aromatic carbocycles. The summed E-state index contributed by atoms with van der Waals surface area (Å²) in [6.45, 7) is 4.13. The van der Waals surface area contributed by atoms with Gasteiger partial charge in [-0.15, -0.1) is 0 Å². The maximum Gasteiger partial charge on any atom is 0.275 e. The molecule has 0 aliphatic rings. The van der Waals surface area contributed by atoms with Crippen LogP contribution in [0.5, 0.6) is 0 Å². The van der Waals surface area contributed by atoms with Crippen molar-refractivity contribution in [1.82, 2.24) is 4.98 Å². The van der Waals surface area contributed by atoms with Gasteiger partial charge in [0.15, 0.2) is 0 Å². The van der Waals surface area contributed by atoms with Crippen LogP contribution in [0.2, 0.25) is 5.02 Å². The zero-order valence-corrected chi connectivity index (χ0v) is 12.1. The minimum Gasteiger partial charge on any atom is -0.384 e. The number of carbonyl (C=O) groups is 1. The molecule has 1 heterocycles. The monoisotopic (exact) mass is 289 g/mol. The van der Waals surface area contributed by atoms with Gasteiger partial charge >= 0.3 is 0 Å². The maximum absolute atomic E-state index is 12.2. The number of rotatable bonds is 3. The molecule has 2 rings (SSSR count). The zero-order chi connectivity index (χ0) is 14.7. The fourth-order valence-electron chi connectivity index (χ4n) is 1.91. The minimum absolute atomic E-state index is 0.130. The smallest absolute Gasteiger partial charge is 0.275 e. The fourth-order valence-corrected chi connectivity index (χ4v) is 2.10. The van der Waals surface area contributed by atoms with Crippen LogP contribution < -0.4 is 11.1 Å². The van der Waals surface area contributed by atoms with Crippen LogP contribution in [0.25, 0.3) is 0 Å². The quantitative estimate of drug-likeness (QED) is 0.905. The molecule has 0 bridgehead atoms. The van der Waals surface area contributed by atoms with Crippen molar-refractivity contribution in [2.24, 2.45) is 0 Å². The van der Waals surface area contributed by atoms with Gasteiger partial charge in [0, 0.05) is 5.69 Å². The van der Waals surface area contributed by atoms with Gasteiger partial charge in [0.05, 0.1) is 5.02 Å². The Bertz CT molecular complexity index is 641. The zero-order valence-electron chi connectivity index (χ0n) is 11.4. The second-order valence-corrected chi connectivity index (χ2v) is 5.17. The van der Waals surface area contributed by atoms with E-state index in [1.807, 2.05) is 24.3 Å². The van der Waals surface area contributed by atoms with E-state index in [1.165, 1.54) is 0 Å². The molecule has 1 aromatic heterocycles. The number of nitrogens with zero attached hydrogens (tertiary/aromatic N) is 1. The number of anilines is 2. The van der Waals surface area contributed by atoms with Gasteiger partial charge in [0.1, 0.15) is 11.5 Å². The molecule has 0 unspecified atom stereocenters. The Kier molecular flexibility index (Phi) is 4.25. The van der Waals surface area contributed by atoms with Crippen molar-refractivity contribution < 1.29 is 4.79 Å². The lowest BCUT2D eigenvalue weighted by Gasteiger charge is -2.13. The van der Waals surface area contributed by atoms with E-state index in [0.717, 1.165) is 11.3 Å². The first kappa shape index (κ1) is 14.3. The molecule has 0 aliphatic carbocycles. The summed E-state index contributed by atoms with van der Waals surface area (Å²) in [5.74, 6) is 0.197. The predicted octanol–water partition coefficient (Wildman–Crippen LogP) is 3.69. The number of nitrogen functional groups attached to an aromatic ring is 1. The number of nitrogens with two attached hydrogens (primary N) is 1. The average molecular weight is 290 g/mol. The maximum atomic E-state index is 12.2. The first-order valence-electron chi connectivity index (χ1n) is 6.31. The number of benzene rings is 1. The SMILES string of the molecule is CC(C)c1ccccc1NC(=O)c1nc(N)ccc1Cl. The molecule has 4 nitrogen and oxygen atoms in total. The van der Waals surface area contributed by atoms with Crippen LogP contribution in [0, 0.1) is 0 Å². The van der Waals surface area contributed by atoms with E-state index >= 15 is 0 Å². The Morgan fingerprint density at radius 2 is 1.95 bits per heavy atom. The summed E-state index contributed by atoms with van der Waals surface area (Å²) >= 11 is 5.98. The van der Waals surface area contributed by atoms with E-state index in [9.17, 15) is 4.79 Å². The third kappa shape index (κ3) is 3.08. The van der Waals surface area contributed by atoms with Crippen LogP contribution in [0.15, 0.2) is 36.4 Å². The van der Waals surface area contributed by atoms with Crippen molar-refractivity contribution in [2.75, 3.05) is 11.1 Å². The van der Waals surface area contributed by atoms with E-state index < -0.39 is 0 Å². The number of para-hydroxylation sites is 1. The Labute approximate surface area is 123 Å². The summed E-state index contributed by atoms with van der Waals surface area (Å²) in [6.07, 6.45) is 0. The number of aromatic nitrogens is 1. The molecule has 0 atom stereocenters. The van der Waals surface area contributed by atoms with Crippen LogP contribution >= 0.6 is 11.6 Å². The molecule has 5 heteroatoms. The predicted molar refractivity (Wildman–Crippen MR) is 82.1 cm³/mol. The second kappa shape index (κ2) is 5.92. The lowest BCUT2D eigenvalue weighted by atomic mass is 10.0. The van der Waals surface area contributed by atoms with E-state index in [1.54, 1.807) is 12.1 Å². The molecule has 0 saturated carbocycles. The Hall–Kier alpha value is -2.07. The number of carbonyl (C=O) groups excluding carboxylic acids is 1. The molecule has 0 spiro atoms. The van der Waals surface area contributed by atoms with Crippen LogP contribution in [0.4, 0.5) is 11.5 Å². The normalized spacial score (nSPS) is 10.6. The van der Waals surface area contributed by atoms with Gasteiger partial charge < -0.3 is 11.1 Å². The highest BCUT2D eigenvalue weighted by Gasteiger charge is 2.15. The highest BCUT2D eigenvalue weighted by Crippen LogP contribution is 2.25. The fraction of sp³-hybridized carbons (Fsp3) is 0.200. The van der Waals surface area contributed by atoms with Gasteiger partial charge in [-0.3, -0.25) is 4.79 Å². The highest BCUT2D eigenvalue weighted by atomic mass is 35.5. The second-order valence-electron chi connectivity index (χ2n) is 4.76. The summed E-state index contributed by atoms with van der Waals surface area (Å²) < 4.78 is 0. The van der Waals surface area contributed by atoms with Gasteiger partial charge in [0.2, 0.25) is 0 Å². The number of halogens is 1. The van der Waals surface area contributed by atoms with Crippen LogP contribution in [-0.4, -0.2) is 10.9 Å². The molecule has 3 N–H and O–H groups in total. The first-order chi connectivity index (χ1) is 9.49. The molecule has 20 heavy (non-hydrogen) atoms. The van der Waals surface area contributed by atoms with Crippen molar-refractivity contribution in [3.63, 3.8) is 0 Å². The third-order valence-electron chi connectivity index (χ3n) is 2.91. The third-order valence-corrected chi connectivity index (χ3v) is 3.22. The topological polar surface area (TPSA) is 68.0 Å². The molecule has 104 valence electrons. The van der Waals surface area contributed by atoms with Crippen LogP contribution in [-0.2, 0) is 0 Å². The van der Waals surface area contributed by atoms with E-state index in [-0.39, 0.29) is 22.4 Å². The summed E-state index contributed by atoms with van der Waals surface area (Å²) in [7, 11) is 0. The van der Waals surface area contributed by atoms with Gasteiger partial charge in [-0.2, -0.15) is 0 Å². The molecule has 2 aromatic rings. The van der Waals surface area contributed by atoms with Gasteiger partial charge in [-0.25, -0.2) is 4.98 Å². The van der Waals surface area contributed by atoms with Crippen molar-refractivity contribution in [3.05, 3.63) is 52.7 Å². The largest absolute Gasteiger partial charge is 0.384 e. The van der Waals surface area contributed by atoms with Gasteiger partial charge in [0.25, 0.3) is 5.91 Å². The number of hydrogen-bond donors (Lipinski definition) is 2. The summed E-state index contributed by atoms with van der Waals surface area (Å²) in [4.78, 5) is 16.2. The highest BCUT2D eigenvalue weighted by molar-refractivity contribution is 6.34. The average Bonchev–Trinajstić information content (AvgIpc) is 2.41. The van der Waals surface area contributed by atoms with Crippen molar-refractivity contribution in [2.45, 2.75) is 19.8 Å². The molecule has 0 aliphatic heterocycles. The molecular formula is C15H16ClN3O. The van der Waals surface area contributed by atoms with E-state index in [0.29, 0.717) is 5.92 Å². The molecule has 1 amide bonds. The molecular weight excluding hydrogens is 274 g/mol. The summed E-state index contributed by atoms with van der Waals surface area (Å²) in [5.41, 5.74) is 7.53. The van der Waals surface area contributed by atoms with Crippen LogP contribution in [0.1, 0.15) is 35.8 Å². The molecule has 0 saturated heterocycles. The lowest BCUT2D eigenvalue weighted by Crippen LogP contribution is -2.16.